The predicted molar refractivity (Wildman–Crippen MR) is 60.6 cm³/mol. The van der Waals surface area contributed by atoms with Crippen molar-refractivity contribution in [1.82, 2.24) is 0 Å². The Balaban J connectivity index is 2.26. The fourth-order valence-electron chi connectivity index (χ4n) is 2.52. The second kappa shape index (κ2) is 4.16. The summed E-state index contributed by atoms with van der Waals surface area (Å²) in [5.41, 5.74) is 4.38. The quantitative estimate of drug-likeness (QED) is 0.619. The lowest BCUT2D eigenvalue weighted by atomic mass is 9.81. The van der Waals surface area contributed by atoms with Gasteiger partial charge in [-0.2, -0.15) is 0 Å². The molecule has 0 aromatic heterocycles. The van der Waals surface area contributed by atoms with Gasteiger partial charge < -0.3 is 0 Å². The molecule has 0 bridgehead atoms. The SMILES string of the molecule is Cc1cc[c]c(C2CCCCC2)c1C. The van der Waals surface area contributed by atoms with Gasteiger partial charge in [-0.05, 0) is 55.4 Å². The molecular formula is C14H19. The van der Waals surface area contributed by atoms with E-state index in [1.165, 1.54) is 48.8 Å². The van der Waals surface area contributed by atoms with Crippen molar-refractivity contribution < 1.29 is 0 Å². The minimum absolute atomic E-state index is 0.795. The monoisotopic (exact) mass is 187 g/mol. The molecule has 0 amide bonds. The zero-order chi connectivity index (χ0) is 9.97. The fraction of sp³-hybridized carbons (Fsp3) is 0.571. The van der Waals surface area contributed by atoms with Gasteiger partial charge in [0, 0.05) is 0 Å². The average molecular weight is 187 g/mol. The van der Waals surface area contributed by atoms with Gasteiger partial charge in [-0.15, -0.1) is 0 Å². The van der Waals surface area contributed by atoms with Crippen LogP contribution in [0.1, 0.15) is 54.7 Å². The fourth-order valence-corrected chi connectivity index (χ4v) is 2.52. The van der Waals surface area contributed by atoms with Crippen molar-refractivity contribution >= 4 is 0 Å². The summed E-state index contributed by atoms with van der Waals surface area (Å²) in [5, 5.41) is 0. The van der Waals surface area contributed by atoms with Crippen molar-refractivity contribution in [2.24, 2.45) is 0 Å². The van der Waals surface area contributed by atoms with Gasteiger partial charge >= 0.3 is 0 Å². The van der Waals surface area contributed by atoms with E-state index in [4.69, 9.17) is 0 Å². The normalized spacial score (nSPS) is 18.4. The summed E-state index contributed by atoms with van der Waals surface area (Å²) < 4.78 is 0. The van der Waals surface area contributed by atoms with Crippen LogP contribution in [0.15, 0.2) is 12.1 Å². The van der Waals surface area contributed by atoms with Crippen LogP contribution in [0, 0.1) is 19.9 Å². The first-order valence-electron chi connectivity index (χ1n) is 5.77. The molecule has 75 valence electrons. The molecule has 14 heavy (non-hydrogen) atoms. The van der Waals surface area contributed by atoms with Crippen molar-refractivity contribution in [1.29, 1.82) is 0 Å². The highest BCUT2D eigenvalue weighted by molar-refractivity contribution is 5.34. The Bertz CT molecular complexity index is 306. The van der Waals surface area contributed by atoms with E-state index in [2.05, 4.69) is 32.0 Å². The highest BCUT2D eigenvalue weighted by atomic mass is 14.2. The third kappa shape index (κ3) is 1.84. The molecule has 0 spiro atoms. The smallest absolute Gasteiger partial charge is 0.0143 e. The molecule has 0 heterocycles. The molecule has 1 fully saturated rings. The first-order chi connectivity index (χ1) is 6.79. The minimum Gasteiger partial charge on any atom is -0.0584 e. The highest BCUT2D eigenvalue weighted by Gasteiger charge is 2.17. The minimum atomic E-state index is 0.795. The maximum Gasteiger partial charge on any atom is -0.0143 e. The summed E-state index contributed by atoms with van der Waals surface area (Å²) in [6.07, 6.45) is 7.00. The van der Waals surface area contributed by atoms with Crippen LogP contribution < -0.4 is 0 Å². The standard InChI is InChI=1S/C14H19/c1-11-7-6-10-14(12(11)2)13-8-4-3-5-9-13/h6-7,13H,3-5,8-9H2,1-2H3. The van der Waals surface area contributed by atoms with E-state index < -0.39 is 0 Å². The molecule has 1 aliphatic carbocycles. The van der Waals surface area contributed by atoms with Crippen LogP contribution in [-0.4, -0.2) is 0 Å². The summed E-state index contributed by atoms with van der Waals surface area (Å²) in [5.74, 6) is 0.795. The van der Waals surface area contributed by atoms with E-state index in [1.807, 2.05) is 0 Å². The maximum absolute atomic E-state index is 3.45. The zero-order valence-electron chi connectivity index (χ0n) is 9.27. The Hall–Kier alpha value is -0.780. The first-order valence-corrected chi connectivity index (χ1v) is 5.77. The summed E-state index contributed by atoms with van der Waals surface area (Å²) in [7, 11) is 0. The van der Waals surface area contributed by atoms with Gasteiger partial charge in [0.05, 0.1) is 0 Å². The molecule has 0 nitrogen and oxygen atoms in total. The predicted octanol–water partition coefficient (Wildman–Crippen LogP) is 4.15. The Kier molecular flexibility index (Phi) is 2.90. The van der Waals surface area contributed by atoms with Gasteiger partial charge in [0.15, 0.2) is 0 Å². The Morgan fingerprint density at radius 3 is 2.57 bits per heavy atom. The van der Waals surface area contributed by atoms with Crippen molar-refractivity contribution in [3.63, 3.8) is 0 Å². The lowest BCUT2D eigenvalue weighted by Gasteiger charge is -2.23. The largest absolute Gasteiger partial charge is 0.0584 e. The molecule has 1 aliphatic rings. The second-order valence-corrected chi connectivity index (χ2v) is 4.53. The first kappa shape index (κ1) is 9.76. The van der Waals surface area contributed by atoms with Gasteiger partial charge in [-0.3, -0.25) is 0 Å². The number of aryl methyl sites for hydroxylation is 1. The third-order valence-electron chi connectivity index (χ3n) is 3.58. The van der Waals surface area contributed by atoms with Crippen LogP contribution in [0.3, 0.4) is 0 Å². The number of rotatable bonds is 1. The Labute approximate surface area is 87.3 Å². The highest BCUT2D eigenvalue weighted by Crippen LogP contribution is 2.34. The summed E-state index contributed by atoms with van der Waals surface area (Å²) in [4.78, 5) is 0. The molecule has 1 aromatic rings. The van der Waals surface area contributed by atoms with Crippen LogP contribution in [0.5, 0.6) is 0 Å². The third-order valence-corrected chi connectivity index (χ3v) is 3.58. The van der Waals surface area contributed by atoms with Gasteiger partial charge in [-0.25, -0.2) is 0 Å². The number of benzene rings is 1. The molecule has 2 rings (SSSR count). The molecule has 0 atom stereocenters. The number of hydrogen-bond acceptors (Lipinski definition) is 0. The van der Waals surface area contributed by atoms with Crippen molar-refractivity contribution in [3.05, 3.63) is 34.9 Å². The van der Waals surface area contributed by atoms with Gasteiger partial charge in [0.25, 0.3) is 0 Å². The van der Waals surface area contributed by atoms with Gasteiger partial charge in [0.1, 0.15) is 0 Å². The van der Waals surface area contributed by atoms with E-state index in [0.717, 1.165) is 5.92 Å². The second-order valence-electron chi connectivity index (χ2n) is 4.53. The van der Waals surface area contributed by atoms with Crippen LogP contribution in [0.2, 0.25) is 0 Å². The van der Waals surface area contributed by atoms with E-state index in [0.29, 0.717) is 0 Å². The van der Waals surface area contributed by atoms with Crippen LogP contribution >= 0.6 is 0 Å². The van der Waals surface area contributed by atoms with Crippen LogP contribution in [0.4, 0.5) is 0 Å². The van der Waals surface area contributed by atoms with E-state index in [9.17, 15) is 0 Å². The lowest BCUT2D eigenvalue weighted by molar-refractivity contribution is 0.442. The van der Waals surface area contributed by atoms with E-state index in [1.54, 1.807) is 0 Å². The molecule has 0 saturated heterocycles. The molecule has 1 aromatic carbocycles. The molecule has 0 unspecified atom stereocenters. The lowest BCUT2D eigenvalue weighted by Crippen LogP contribution is -2.06. The molecular weight excluding hydrogens is 168 g/mol. The number of hydrogen-bond donors (Lipinski definition) is 0. The van der Waals surface area contributed by atoms with Gasteiger partial charge in [0.2, 0.25) is 0 Å². The van der Waals surface area contributed by atoms with Crippen LogP contribution in [0.25, 0.3) is 0 Å². The van der Waals surface area contributed by atoms with Gasteiger partial charge in [-0.1, -0.05) is 31.4 Å². The molecule has 0 heteroatoms. The van der Waals surface area contributed by atoms with E-state index >= 15 is 0 Å². The molecule has 1 radical (unpaired) electrons. The molecule has 0 aliphatic heterocycles. The van der Waals surface area contributed by atoms with Crippen molar-refractivity contribution in [2.75, 3.05) is 0 Å². The maximum atomic E-state index is 3.45. The topological polar surface area (TPSA) is 0 Å². The van der Waals surface area contributed by atoms with E-state index in [-0.39, 0.29) is 0 Å². The van der Waals surface area contributed by atoms with Crippen LogP contribution in [-0.2, 0) is 0 Å². The summed E-state index contributed by atoms with van der Waals surface area (Å²) >= 11 is 0. The summed E-state index contributed by atoms with van der Waals surface area (Å²) in [6, 6.07) is 7.71. The van der Waals surface area contributed by atoms with Crippen molar-refractivity contribution in [3.8, 4) is 0 Å². The summed E-state index contributed by atoms with van der Waals surface area (Å²) in [6.45, 7) is 4.45. The van der Waals surface area contributed by atoms with Crippen molar-refractivity contribution in [2.45, 2.75) is 51.9 Å². The Morgan fingerprint density at radius 2 is 1.86 bits per heavy atom. The Morgan fingerprint density at radius 1 is 1.14 bits per heavy atom. The molecule has 1 saturated carbocycles. The average Bonchev–Trinajstić information content (AvgIpc) is 2.23. The zero-order valence-corrected chi connectivity index (χ0v) is 9.27. The molecule has 0 N–H and O–H groups in total.